The van der Waals surface area contributed by atoms with Crippen LogP contribution in [-0.4, -0.2) is 0 Å². The van der Waals surface area contributed by atoms with Gasteiger partial charge in [0.15, 0.2) is 0 Å². The number of hydrogen-bond donors (Lipinski definition) is 1. The van der Waals surface area contributed by atoms with Gasteiger partial charge in [-0.3, -0.25) is 0 Å². The van der Waals surface area contributed by atoms with Crippen LogP contribution in [0.2, 0.25) is 0 Å². The van der Waals surface area contributed by atoms with E-state index >= 15 is 0 Å². The lowest BCUT2D eigenvalue weighted by Crippen LogP contribution is -2.56. The molecule has 82 valence electrons. The first-order chi connectivity index (χ1) is 6.01. The topological polar surface area (TPSA) is 35.0 Å². The summed E-state index contributed by atoms with van der Waals surface area (Å²) in [4.78, 5) is 0. The summed E-state index contributed by atoms with van der Waals surface area (Å²) in [7, 11) is 0. The summed E-state index contributed by atoms with van der Waals surface area (Å²) in [5.74, 6) is 3.27. The van der Waals surface area contributed by atoms with E-state index in [4.69, 9.17) is 0 Å². The molecule has 4 fully saturated rings. The minimum Gasteiger partial charge on any atom is -0.344 e. The molecule has 1 heteroatoms. The van der Waals surface area contributed by atoms with E-state index in [-0.39, 0.29) is 6.15 Å². The molecule has 4 saturated carbocycles. The van der Waals surface area contributed by atoms with Crippen LogP contribution in [0, 0.1) is 28.6 Å². The Morgan fingerprint density at radius 3 is 1.79 bits per heavy atom. The number of hydrogen-bond acceptors (Lipinski definition) is 1. The van der Waals surface area contributed by atoms with Gasteiger partial charge < -0.3 is 6.15 Å². The molecule has 0 spiro atoms. The third-order valence-corrected chi connectivity index (χ3v) is 5.96. The molecule has 4 rings (SSSR count). The summed E-state index contributed by atoms with van der Waals surface area (Å²) < 4.78 is 0. The first-order valence-electron chi connectivity index (χ1n) is 6.01. The Balaban J connectivity index is 0.000000750. The second-order valence-corrected chi connectivity index (χ2v) is 6.83. The first-order valence-corrected chi connectivity index (χ1v) is 6.01. The van der Waals surface area contributed by atoms with E-state index in [1.54, 1.807) is 19.3 Å². The van der Waals surface area contributed by atoms with Crippen molar-refractivity contribution >= 4 is 0 Å². The molecule has 2 atom stereocenters. The maximum atomic E-state index is 2.57. The molecule has 4 aliphatic rings. The van der Waals surface area contributed by atoms with Crippen molar-refractivity contribution in [2.24, 2.45) is 28.6 Å². The molecule has 0 aromatic carbocycles. The van der Waals surface area contributed by atoms with Crippen molar-refractivity contribution in [2.75, 3.05) is 0 Å². The van der Waals surface area contributed by atoms with Crippen molar-refractivity contribution in [2.45, 2.75) is 52.9 Å². The summed E-state index contributed by atoms with van der Waals surface area (Å²) in [6.07, 6.45) is 7.75. The van der Waals surface area contributed by atoms with E-state index in [1.165, 1.54) is 12.8 Å². The predicted octanol–water partition coefficient (Wildman–Crippen LogP) is 4.02. The highest BCUT2D eigenvalue weighted by Crippen LogP contribution is 2.67. The van der Waals surface area contributed by atoms with Gasteiger partial charge in [-0.05, 0) is 60.7 Å². The van der Waals surface area contributed by atoms with Gasteiger partial charge in [0.1, 0.15) is 0 Å². The van der Waals surface area contributed by atoms with Gasteiger partial charge in [-0.1, -0.05) is 20.8 Å². The molecule has 0 saturated heterocycles. The molecule has 1 nitrogen and oxygen atoms in total. The predicted molar refractivity (Wildman–Crippen MR) is 60.5 cm³/mol. The Morgan fingerprint density at radius 1 is 0.857 bits per heavy atom. The largest absolute Gasteiger partial charge is 0.344 e. The van der Waals surface area contributed by atoms with Crippen LogP contribution in [0.5, 0.6) is 0 Å². The van der Waals surface area contributed by atoms with Gasteiger partial charge in [0.25, 0.3) is 0 Å². The van der Waals surface area contributed by atoms with E-state index in [0.717, 1.165) is 17.8 Å². The van der Waals surface area contributed by atoms with Crippen molar-refractivity contribution in [3.8, 4) is 0 Å². The van der Waals surface area contributed by atoms with E-state index < -0.39 is 0 Å². The van der Waals surface area contributed by atoms with Crippen molar-refractivity contribution in [3.05, 3.63) is 0 Å². The lowest BCUT2D eigenvalue weighted by atomic mass is 9.40. The van der Waals surface area contributed by atoms with Crippen molar-refractivity contribution in [1.29, 1.82) is 0 Å². The highest BCUT2D eigenvalue weighted by Gasteiger charge is 2.58. The summed E-state index contributed by atoms with van der Waals surface area (Å²) in [6.45, 7) is 7.64. The molecule has 0 aliphatic heterocycles. The van der Waals surface area contributed by atoms with Gasteiger partial charge in [-0.15, -0.1) is 0 Å². The summed E-state index contributed by atoms with van der Waals surface area (Å²) in [5.41, 5.74) is 1.34. The van der Waals surface area contributed by atoms with Crippen LogP contribution in [0.3, 0.4) is 0 Å². The smallest absolute Gasteiger partial charge is 0.0267 e. The summed E-state index contributed by atoms with van der Waals surface area (Å²) >= 11 is 0. The Kier molecular flexibility index (Phi) is 2.06. The summed E-state index contributed by atoms with van der Waals surface area (Å²) in [6, 6.07) is 0. The molecule has 3 N–H and O–H groups in total. The average molecular weight is 195 g/mol. The number of rotatable bonds is 0. The second-order valence-electron chi connectivity index (χ2n) is 6.83. The Labute approximate surface area is 88.2 Å². The van der Waals surface area contributed by atoms with Crippen molar-refractivity contribution in [3.63, 3.8) is 0 Å². The Hall–Kier alpha value is -0.0400. The van der Waals surface area contributed by atoms with Gasteiger partial charge in [0.05, 0.1) is 0 Å². The van der Waals surface area contributed by atoms with Crippen LogP contribution in [-0.2, 0) is 0 Å². The minimum atomic E-state index is 0. The minimum absolute atomic E-state index is 0. The molecular formula is C13H25N. The average Bonchev–Trinajstić information content (AvgIpc) is 1.99. The molecular weight excluding hydrogens is 170 g/mol. The van der Waals surface area contributed by atoms with Crippen LogP contribution >= 0.6 is 0 Å². The van der Waals surface area contributed by atoms with Crippen LogP contribution in [0.25, 0.3) is 0 Å². The zero-order valence-corrected chi connectivity index (χ0v) is 9.97. The SMILES string of the molecule is CC12CC3CC(CC(C3)C1(C)C)C2.N. The fourth-order valence-corrected chi connectivity index (χ4v) is 4.86. The zero-order valence-electron chi connectivity index (χ0n) is 9.97. The summed E-state index contributed by atoms with van der Waals surface area (Å²) in [5, 5.41) is 0. The molecule has 4 bridgehead atoms. The fourth-order valence-electron chi connectivity index (χ4n) is 4.86. The lowest BCUT2D eigenvalue weighted by molar-refractivity contribution is -0.149. The van der Waals surface area contributed by atoms with Gasteiger partial charge in [0.2, 0.25) is 0 Å². The highest BCUT2D eigenvalue weighted by molar-refractivity contribution is 5.08. The lowest BCUT2D eigenvalue weighted by Gasteiger charge is -2.65. The van der Waals surface area contributed by atoms with Gasteiger partial charge >= 0.3 is 0 Å². The molecule has 0 radical (unpaired) electrons. The van der Waals surface area contributed by atoms with Gasteiger partial charge in [0, 0.05) is 0 Å². The van der Waals surface area contributed by atoms with Crippen molar-refractivity contribution < 1.29 is 0 Å². The normalized spacial score (nSPS) is 52.9. The van der Waals surface area contributed by atoms with Gasteiger partial charge in [-0.2, -0.15) is 0 Å². The molecule has 0 aromatic heterocycles. The maximum Gasteiger partial charge on any atom is -0.0267 e. The molecule has 0 heterocycles. The fraction of sp³-hybridized carbons (Fsp3) is 1.00. The van der Waals surface area contributed by atoms with Crippen LogP contribution in [0.1, 0.15) is 52.9 Å². The standard InChI is InChI=1S/C13H22.H3N/c1-12(2)11-5-9-4-10(6-11)8-13(12,3)7-9;/h9-11H,4-8H2,1-3H3;1H3. The van der Waals surface area contributed by atoms with Crippen molar-refractivity contribution in [1.82, 2.24) is 6.15 Å². The third kappa shape index (κ3) is 1.05. The molecule has 0 amide bonds. The molecule has 0 aromatic rings. The zero-order chi connectivity index (χ0) is 9.27. The van der Waals surface area contributed by atoms with E-state index in [1.807, 2.05) is 0 Å². The molecule has 14 heavy (non-hydrogen) atoms. The van der Waals surface area contributed by atoms with Crippen LogP contribution in [0.15, 0.2) is 0 Å². The van der Waals surface area contributed by atoms with Crippen LogP contribution in [0.4, 0.5) is 0 Å². The third-order valence-electron chi connectivity index (χ3n) is 5.96. The van der Waals surface area contributed by atoms with Gasteiger partial charge in [-0.25, -0.2) is 0 Å². The second kappa shape index (κ2) is 2.75. The highest BCUT2D eigenvalue weighted by atomic mass is 14.6. The maximum absolute atomic E-state index is 2.57. The van der Waals surface area contributed by atoms with E-state index in [9.17, 15) is 0 Å². The van der Waals surface area contributed by atoms with E-state index in [2.05, 4.69) is 20.8 Å². The Bertz CT molecular complexity index is 230. The van der Waals surface area contributed by atoms with E-state index in [0.29, 0.717) is 10.8 Å². The molecule has 2 unspecified atom stereocenters. The van der Waals surface area contributed by atoms with Crippen LogP contribution < -0.4 is 6.15 Å². The monoisotopic (exact) mass is 195 g/mol. The Morgan fingerprint density at radius 2 is 1.36 bits per heavy atom. The quantitative estimate of drug-likeness (QED) is 0.622. The first kappa shape index (κ1) is 10.5. The molecule has 4 aliphatic carbocycles.